The zero-order valence-corrected chi connectivity index (χ0v) is 14.4. The summed E-state index contributed by atoms with van der Waals surface area (Å²) in [7, 11) is 0. The summed E-state index contributed by atoms with van der Waals surface area (Å²) in [5, 5.41) is 0. The minimum absolute atomic E-state index is 0.0195. The van der Waals surface area contributed by atoms with Gasteiger partial charge in [0.2, 0.25) is 0 Å². The predicted molar refractivity (Wildman–Crippen MR) is 95.2 cm³/mol. The fourth-order valence-electron chi connectivity index (χ4n) is 3.55. The highest BCUT2D eigenvalue weighted by Crippen LogP contribution is 2.16. The molecule has 0 spiro atoms. The Hall–Kier alpha value is -2.02. The maximum atomic E-state index is 12.6. The van der Waals surface area contributed by atoms with E-state index in [4.69, 9.17) is 9.72 Å². The van der Waals surface area contributed by atoms with Crippen LogP contribution in [0, 0.1) is 0 Å². The van der Waals surface area contributed by atoms with Gasteiger partial charge in [-0.05, 0) is 5.56 Å². The normalized spacial score (nSPS) is 18.9. The Kier molecular flexibility index (Phi) is 4.92. The Labute approximate surface area is 147 Å². The minimum Gasteiger partial charge on any atom is -0.379 e. The lowest BCUT2D eigenvalue weighted by molar-refractivity contribution is 0.0329. The van der Waals surface area contributed by atoms with Crippen LogP contribution in [-0.4, -0.2) is 52.6 Å². The van der Waals surface area contributed by atoms with E-state index in [0.29, 0.717) is 13.1 Å². The predicted octanol–water partition coefficient (Wildman–Crippen LogP) is 1.16. The van der Waals surface area contributed by atoms with Gasteiger partial charge in [0, 0.05) is 39.1 Å². The Morgan fingerprint density at radius 1 is 1.04 bits per heavy atom. The topological polar surface area (TPSA) is 61.5 Å². The van der Waals surface area contributed by atoms with E-state index in [0.717, 1.165) is 62.9 Å². The Morgan fingerprint density at radius 2 is 1.84 bits per heavy atom. The molecular weight excluding hydrogens is 316 g/mol. The van der Waals surface area contributed by atoms with Gasteiger partial charge in [-0.25, -0.2) is 4.98 Å². The third kappa shape index (κ3) is 3.98. The number of hydrogen-bond acceptors (Lipinski definition) is 5. The van der Waals surface area contributed by atoms with Gasteiger partial charge in [0.25, 0.3) is 5.56 Å². The van der Waals surface area contributed by atoms with Gasteiger partial charge in [-0.1, -0.05) is 30.3 Å². The molecular formula is C19H24N4O2. The lowest BCUT2D eigenvalue weighted by atomic mass is 10.1. The zero-order chi connectivity index (χ0) is 17.1. The first-order valence-electron chi connectivity index (χ1n) is 8.95. The van der Waals surface area contributed by atoms with E-state index in [1.54, 1.807) is 0 Å². The summed E-state index contributed by atoms with van der Waals surface area (Å²) in [4.78, 5) is 24.9. The molecule has 2 aliphatic rings. The first kappa shape index (κ1) is 16.4. The van der Waals surface area contributed by atoms with Gasteiger partial charge in [0.1, 0.15) is 5.82 Å². The number of aromatic amines is 1. The molecule has 0 saturated carbocycles. The van der Waals surface area contributed by atoms with Crippen molar-refractivity contribution < 1.29 is 4.74 Å². The van der Waals surface area contributed by atoms with Crippen molar-refractivity contribution in [3.63, 3.8) is 0 Å². The van der Waals surface area contributed by atoms with Crippen LogP contribution >= 0.6 is 0 Å². The fraction of sp³-hybridized carbons (Fsp3) is 0.474. The van der Waals surface area contributed by atoms with E-state index in [2.05, 4.69) is 39.0 Å². The van der Waals surface area contributed by atoms with E-state index in [1.165, 1.54) is 5.56 Å². The molecule has 25 heavy (non-hydrogen) atoms. The van der Waals surface area contributed by atoms with Crippen molar-refractivity contribution in [3.05, 3.63) is 63.3 Å². The van der Waals surface area contributed by atoms with E-state index in [9.17, 15) is 4.79 Å². The number of ether oxygens (including phenoxy) is 1. The molecule has 4 rings (SSSR count). The van der Waals surface area contributed by atoms with Gasteiger partial charge in [0.05, 0.1) is 31.0 Å². The van der Waals surface area contributed by atoms with Crippen LogP contribution in [-0.2, 0) is 30.8 Å². The van der Waals surface area contributed by atoms with Gasteiger partial charge >= 0.3 is 0 Å². The van der Waals surface area contributed by atoms with Crippen molar-refractivity contribution in [3.8, 4) is 0 Å². The summed E-state index contributed by atoms with van der Waals surface area (Å²) in [5.41, 5.74) is 3.09. The van der Waals surface area contributed by atoms with Crippen molar-refractivity contribution in [2.45, 2.75) is 26.1 Å². The number of nitrogens with one attached hydrogen (secondary N) is 1. The van der Waals surface area contributed by atoms with E-state index in [-0.39, 0.29) is 5.56 Å². The number of benzene rings is 1. The molecule has 132 valence electrons. The molecule has 6 nitrogen and oxygen atoms in total. The molecule has 1 fully saturated rings. The third-order valence-corrected chi connectivity index (χ3v) is 4.92. The molecule has 0 atom stereocenters. The number of nitrogens with zero attached hydrogens (tertiary/aromatic N) is 3. The lowest BCUT2D eigenvalue weighted by Crippen LogP contribution is -2.38. The summed E-state index contributed by atoms with van der Waals surface area (Å²) in [6, 6.07) is 10.4. The first-order chi connectivity index (χ1) is 12.3. The van der Waals surface area contributed by atoms with Crippen molar-refractivity contribution in [2.24, 2.45) is 0 Å². The molecule has 0 bridgehead atoms. The van der Waals surface area contributed by atoms with Gasteiger partial charge in [0.15, 0.2) is 0 Å². The Balaban J connectivity index is 1.46. The van der Waals surface area contributed by atoms with Gasteiger partial charge in [-0.2, -0.15) is 0 Å². The van der Waals surface area contributed by atoms with Crippen molar-refractivity contribution in [1.82, 2.24) is 19.8 Å². The molecule has 1 saturated heterocycles. The quantitative estimate of drug-likeness (QED) is 0.905. The van der Waals surface area contributed by atoms with Gasteiger partial charge in [-0.3, -0.25) is 14.6 Å². The summed E-state index contributed by atoms with van der Waals surface area (Å²) in [5.74, 6) is 0.780. The van der Waals surface area contributed by atoms with Gasteiger partial charge in [-0.15, -0.1) is 0 Å². The van der Waals surface area contributed by atoms with Crippen LogP contribution in [0.4, 0.5) is 0 Å². The first-order valence-corrected chi connectivity index (χ1v) is 8.95. The number of morpholine rings is 1. The second-order valence-electron chi connectivity index (χ2n) is 6.77. The van der Waals surface area contributed by atoms with Crippen LogP contribution in [0.25, 0.3) is 0 Å². The number of H-pyrrole nitrogens is 1. The number of fused-ring (bicyclic) bond motifs is 1. The maximum absolute atomic E-state index is 12.6. The third-order valence-electron chi connectivity index (χ3n) is 4.92. The van der Waals surface area contributed by atoms with Crippen LogP contribution in [0.15, 0.2) is 35.1 Å². The van der Waals surface area contributed by atoms with E-state index < -0.39 is 0 Å². The summed E-state index contributed by atoms with van der Waals surface area (Å²) < 4.78 is 5.37. The molecule has 3 heterocycles. The smallest absolute Gasteiger partial charge is 0.255 e. The summed E-state index contributed by atoms with van der Waals surface area (Å²) in [6.07, 6.45) is 0.836. The monoisotopic (exact) mass is 340 g/mol. The van der Waals surface area contributed by atoms with Crippen LogP contribution in [0.3, 0.4) is 0 Å². The number of aromatic nitrogens is 2. The SMILES string of the molecule is O=c1[nH]c(CN2CCOCC2)nc2c1CN(Cc1ccccc1)CC2. The highest BCUT2D eigenvalue weighted by atomic mass is 16.5. The van der Waals surface area contributed by atoms with Crippen molar-refractivity contribution in [2.75, 3.05) is 32.8 Å². The maximum Gasteiger partial charge on any atom is 0.255 e. The molecule has 0 aliphatic carbocycles. The Morgan fingerprint density at radius 3 is 2.64 bits per heavy atom. The largest absolute Gasteiger partial charge is 0.379 e. The summed E-state index contributed by atoms with van der Waals surface area (Å²) in [6.45, 7) is 6.47. The molecule has 0 radical (unpaired) electrons. The molecule has 2 aromatic rings. The molecule has 1 aromatic heterocycles. The highest BCUT2D eigenvalue weighted by molar-refractivity contribution is 5.22. The van der Waals surface area contributed by atoms with E-state index >= 15 is 0 Å². The molecule has 1 aromatic carbocycles. The summed E-state index contributed by atoms with van der Waals surface area (Å²) >= 11 is 0. The number of hydrogen-bond donors (Lipinski definition) is 1. The van der Waals surface area contributed by atoms with Crippen LogP contribution in [0.1, 0.15) is 22.6 Å². The minimum atomic E-state index is 0.0195. The van der Waals surface area contributed by atoms with Gasteiger partial charge < -0.3 is 9.72 Å². The second kappa shape index (κ2) is 7.47. The average Bonchev–Trinajstić information content (AvgIpc) is 2.64. The van der Waals surface area contributed by atoms with Crippen molar-refractivity contribution >= 4 is 0 Å². The molecule has 2 aliphatic heterocycles. The van der Waals surface area contributed by atoms with Crippen LogP contribution in [0.2, 0.25) is 0 Å². The fourth-order valence-corrected chi connectivity index (χ4v) is 3.55. The lowest BCUT2D eigenvalue weighted by Gasteiger charge is -2.29. The van der Waals surface area contributed by atoms with Crippen LogP contribution in [0.5, 0.6) is 0 Å². The van der Waals surface area contributed by atoms with E-state index in [1.807, 2.05) is 6.07 Å². The molecule has 0 unspecified atom stereocenters. The molecule has 0 amide bonds. The number of rotatable bonds is 4. The highest BCUT2D eigenvalue weighted by Gasteiger charge is 2.22. The standard InChI is InChI=1S/C19H24N4O2/c24-19-16-13-23(12-15-4-2-1-3-5-15)7-6-17(16)20-18(21-19)14-22-8-10-25-11-9-22/h1-5H,6-14H2,(H,20,21,24). The van der Waals surface area contributed by atoms with Crippen molar-refractivity contribution in [1.29, 1.82) is 0 Å². The molecule has 1 N–H and O–H groups in total. The second-order valence-corrected chi connectivity index (χ2v) is 6.77. The Bertz CT molecular complexity index is 769. The zero-order valence-electron chi connectivity index (χ0n) is 14.4. The van der Waals surface area contributed by atoms with Crippen LogP contribution < -0.4 is 5.56 Å². The molecule has 6 heteroatoms. The average molecular weight is 340 g/mol.